The highest BCUT2D eigenvalue weighted by Crippen LogP contribution is 2.28. The van der Waals surface area contributed by atoms with Gasteiger partial charge >= 0.3 is 0 Å². The topological polar surface area (TPSA) is 55.1 Å². The van der Waals surface area contributed by atoms with Crippen LogP contribution >= 0.6 is 0 Å². The summed E-state index contributed by atoms with van der Waals surface area (Å²) in [6.45, 7) is 11.7. The van der Waals surface area contributed by atoms with Gasteiger partial charge in [0.05, 0.1) is 5.92 Å². The summed E-state index contributed by atoms with van der Waals surface area (Å²) in [6, 6.07) is 0.0312. The van der Waals surface area contributed by atoms with Gasteiger partial charge in [0.2, 0.25) is 5.91 Å². The van der Waals surface area contributed by atoms with Crippen molar-refractivity contribution < 1.29 is 4.79 Å². The van der Waals surface area contributed by atoms with E-state index in [-0.39, 0.29) is 23.3 Å². The molecule has 18 heavy (non-hydrogen) atoms. The minimum absolute atomic E-state index is 0.0147. The van der Waals surface area contributed by atoms with E-state index < -0.39 is 0 Å². The van der Waals surface area contributed by atoms with Crippen LogP contribution in [0.3, 0.4) is 0 Å². The van der Waals surface area contributed by atoms with Crippen LogP contribution in [0.5, 0.6) is 0 Å². The molecule has 3 N–H and O–H groups in total. The first-order valence-corrected chi connectivity index (χ1v) is 7.26. The third-order valence-corrected chi connectivity index (χ3v) is 4.69. The van der Waals surface area contributed by atoms with Gasteiger partial charge in [-0.1, -0.05) is 41.0 Å². The van der Waals surface area contributed by atoms with Crippen LogP contribution < -0.4 is 11.1 Å². The molecule has 0 radical (unpaired) electrons. The molecule has 0 spiro atoms. The molecule has 0 aromatic heterocycles. The van der Waals surface area contributed by atoms with Gasteiger partial charge in [-0.05, 0) is 30.1 Å². The lowest BCUT2D eigenvalue weighted by Gasteiger charge is -2.34. The van der Waals surface area contributed by atoms with Crippen molar-refractivity contribution in [1.82, 2.24) is 5.32 Å². The maximum atomic E-state index is 12.2. The Kier molecular flexibility index (Phi) is 5.20. The summed E-state index contributed by atoms with van der Waals surface area (Å²) in [7, 11) is 0. The summed E-state index contributed by atoms with van der Waals surface area (Å²) < 4.78 is 0. The Balaban J connectivity index is 2.45. The molecule has 1 saturated carbocycles. The van der Waals surface area contributed by atoms with Crippen molar-refractivity contribution in [3.8, 4) is 0 Å². The van der Waals surface area contributed by atoms with Gasteiger partial charge in [-0.15, -0.1) is 0 Å². The number of hydrogen-bond donors (Lipinski definition) is 2. The Morgan fingerprint density at radius 2 is 2.00 bits per heavy atom. The fourth-order valence-corrected chi connectivity index (χ4v) is 2.44. The number of hydrogen-bond acceptors (Lipinski definition) is 2. The fraction of sp³-hybridized carbons (Fsp3) is 0.933. The van der Waals surface area contributed by atoms with E-state index in [9.17, 15) is 4.79 Å². The van der Waals surface area contributed by atoms with Gasteiger partial charge in [-0.2, -0.15) is 0 Å². The Labute approximate surface area is 112 Å². The third-order valence-electron chi connectivity index (χ3n) is 4.69. The number of rotatable bonds is 3. The zero-order valence-corrected chi connectivity index (χ0v) is 12.6. The summed E-state index contributed by atoms with van der Waals surface area (Å²) in [5, 5.41) is 3.09. The summed E-state index contributed by atoms with van der Waals surface area (Å²) in [4.78, 5) is 12.2. The fourth-order valence-electron chi connectivity index (χ4n) is 2.44. The first-order valence-electron chi connectivity index (χ1n) is 7.26. The molecule has 1 amide bonds. The lowest BCUT2D eigenvalue weighted by Crippen LogP contribution is -2.48. The molecule has 3 heteroatoms. The van der Waals surface area contributed by atoms with Crippen LogP contribution in [-0.2, 0) is 4.79 Å². The molecule has 0 saturated heterocycles. The quantitative estimate of drug-likeness (QED) is 0.813. The standard InChI is InChI=1S/C15H30N2O/c1-10-7-6-8-12(13(10)16)14(18)17-9-11(2)15(3,4)5/h10-13H,6-9,16H2,1-5H3,(H,17,18). The first-order chi connectivity index (χ1) is 8.23. The van der Waals surface area contributed by atoms with Crippen molar-refractivity contribution in [3.63, 3.8) is 0 Å². The predicted octanol–water partition coefficient (Wildman–Crippen LogP) is 2.55. The molecular weight excluding hydrogens is 224 g/mol. The van der Waals surface area contributed by atoms with E-state index in [1.807, 2.05) is 0 Å². The number of amides is 1. The van der Waals surface area contributed by atoms with Crippen LogP contribution in [0.4, 0.5) is 0 Å². The van der Waals surface area contributed by atoms with Gasteiger partial charge in [0.25, 0.3) is 0 Å². The first kappa shape index (κ1) is 15.5. The molecule has 106 valence electrons. The number of carbonyl (C=O) groups is 1. The summed E-state index contributed by atoms with van der Waals surface area (Å²) in [6.07, 6.45) is 3.23. The van der Waals surface area contributed by atoms with E-state index >= 15 is 0 Å². The minimum Gasteiger partial charge on any atom is -0.356 e. The number of nitrogens with one attached hydrogen (secondary N) is 1. The largest absolute Gasteiger partial charge is 0.356 e. The highest BCUT2D eigenvalue weighted by Gasteiger charge is 2.33. The van der Waals surface area contributed by atoms with Crippen molar-refractivity contribution in [2.45, 2.75) is 59.9 Å². The second kappa shape index (κ2) is 6.05. The molecule has 0 aliphatic heterocycles. The molecule has 0 heterocycles. The Hall–Kier alpha value is -0.570. The highest BCUT2D eigenvalue weighted by atomic mass is 16.1. The molecule has 0 aromatic carbocycles. The average molecular weight is 254 g/mol. The molecule has 1 fully saturated rings. The summed E-state index contributed by atoms with van der Waals surface area (Å²) in [5.41, 5.74) is 6.39. The molecule has 0 aromatic rings. The van der Waals surface area contributed by atoms with E-state index in [2.05, 4.69) is 39.9 Å². The van der Waals surface area contributed by atoms with Crippen LogP contribution in [0.1, 0.15) is 53.9 Å². The molecule has 1 aliphatic carbocycles. The van der Waals surface area contributed by atoms with Crippen molar-refractivity contribution in [2.24, 2.45) is 28.9 Å². The maximum Gasteiger partial charge on any atom is 0.224 e. The van der Waals surface area contributed by atoms with Crippen LogP contribution in [0.15, 0.2) is 0 Å². The third kappa shape index (κ3) is 3.98. The second-order valence-corrected chi connectivity index (χ2v) is 7.10. The molecule has 4 atom stereocenters. The number of carbonyl (C=O) groups excluding carboxylic acids is 1. The maximum absolute atomic E-state index is 12.2. The second-order valence-electron chi connectivity index (χ2n) is 7.10. The van der Waals surface area contributed by atoms with Crippen LogP contribution in [-0.4, -0.2) is 18.5 Å². The smallest absolute Gasteiger partial charge is 0.224 e. The van der Waals surface area contributed by atoms with Crippen molar-refractivity contribution in [3.05, 3.63) is 0 Å². The van der Waals surface area contributed by atoms with Gasteiger partial charge in [-0.25, -0.2) is 0 Å². The molecule has 1 rings (SSSR count). The van der Waals surface area contributed by atoms with Crippen LogP contribution in [0.2, 0.25) is 0 Å². The average Bonchev–Trinajstić information content (AvgIpc) is 2.27. The lowest BCUT2D eigenvalue weighted by molar-refractivity contribution is -0.127. The van der Waals surface area contributed by atoms with Crippen molar-refractivity contribution in [1.29, 1.82) is 0 Å². The monoisotopic (exact) mass is 254 g/mol. The summed E-state index contributed by atoms with van der Waals surface area (Å²) in [5.74, 6) is 1.11. The zero-order chi connectivity index (χ0) is 13.9. The Morgan fingerprint density at radius 1 is 1.39 bits per heavy atom. The Morgan fingerprint density at radius 3 is 2.56 bits per heavy atom. The number of nitrogens with two attached hydrogens (primary N) is 1. The molecule has 4 unspecified atom stereocenters. The lowest BCUT2D eigenvalue weighted by atomic mass is 9.77. The molecule has 1 aliphatic rings. The van der Waals surface area contributed by atoms with Gasteiger partial charge in [0.15, 0.2) is 0 Å². The molecule has 0 bridgehead atoms. The van der Waals surface area contributed by atoms with Gasteiger partial charge in [0, 0.05) is 12.6 Å². The van der Waals surface area contributed by atoms with Gasteiger partial charge in [0.1, 0.15) is 0 Å². The van der Waals surface area contributed by atoms with Gasteiger partial charge < -0.3 is 11.1 Å². The van der Waals surface area contributed by atoms with E-state index in [4.69, 9.17) is 5.73 Å². The van der Waals surface area contributed by atoms with E-state index in [0.29, 0.717) is 11.8 Å². The minimum atomic E-state index is 0.0147. The predicted molar refractivity (Wildman–Crippen MR) is 76.1 cm³/mol. The van der Waals surface area contributed by atoms with Crippen molar-refractivity contribution in [2.75, 3.05) is 6.54 Å². The van der Waals surface area contributed by atoms with E-state index in [1.54, 1.807) is 0 Å². The molecule has 3 nitrogen and oxygen atoms in total. The van der Waals surface area contributed by atoms with Gasteiger partial charge in [-0.3, -0.25) is 4.79 Å². The summed E-state index contributed by atoms with van der Waals surface area (Å²) >= 11 is 0. The Bertz CT molecular complexity index is 283. The van der Waals surface area contributed by atoms with E-state index in [0.717, 1.165) is 25.8 Å². The normalized spacial score (nSPS) is 30.9. The van der Waals surface area contributed by atoms with Crippen molar-refractivity contribution >= 4 is 5.91 Å². The highest BCUT2D eigenvalue weighted by molar-refractivity contribution is 5.79. The zero-order valence-electron chi connectivity index (χ0n) is 12.6. The van der Waals surface area contributed by atoms with Crippen LogP contribution in [0, 0.1) is 23.2 Å². The van der Waals surface area contributed by atoms with Crippen LogP contribution in [0.25, 0.3) is 0 Å². The van der Waals surface area contributed by atoms with E-state index in [1.165, 1.54) is 0 Å². The SMILES string of the molecule is CC1CCCC(C(=O)NCC(C)C(C)(C)C)C1N. The molecular formula is C15H30N2O.